The van der Waals surface area contributed by atoms with E-state index in [0.29, 0.717) is 27.8 Å². The summed E-state index contributed by atoms with van der Waals surface area (Å²) in [7, 11) is 2.97. The average molecular weight is 367 g/mol. The molecule has 2 rings (SSSR count). The molecule has 0 aliphatic rings. The summed E-state index contributed by atoms with van der Waals surface area (Å²) in [4.78, 5) is 16.6. The number of oxime groups is 1. The molecule has 132 valence electrons. The monoisotopic (exact) mass is 366 g/mol. The van der Waals surface area contributed by atoms with Crippen LogP contribution in [0.25, 0.3) is 0 Å². The highest BCUT2D eigenvalue weighted by Gasteiger charge is 2.10. The Morgan fingerprint density at radius 1 is 1.28 bits per heavy atom. The van der Waals surface area contributed by atoms with Gasteiger partial charge in [-0.1, -0.05) is 22.8 Å². The van der Waals surface area contributed by atoms with Crippen molar-refractivity contribution in [1.82, 2.24) is 0 Å². The lowest BCUT2D eigenvalue weighted by molar-refractivity contribution is -0.120. The number of rotatable bonds is 7. The molecule has 25 heavy (non-hydrogen) atoms. The molecule has 6 nitrogen and oxygen atoms in total. The second kappa shape index (κ2) is 8.89. The lowest BCUT2D eigenvalue weighted by Crippen LogP contribution is -2.17. The number of ether oxygens (including phenoxy) is 2. The molecular formula is C17H16ClFN2O4. The summed E-state index contributed by atoms with van der Waals surface area (Å²) in [5.74, 6) is -0.0489. The summed E-state index contributed by atoms with van der Waals surface area (Å²) in [6.07, 6.45) is 1.38. The third-order valence-electron chi connectivity index (χ3n) is 3.04. The van der Waals surface area contributed by atoms with Crippen LogP contribution < -0.4 is 14.8 Å². The third kappa shape index (κ3) is 5.36. The highest BCUT2D eigenvalue weighted by molar-refractivity contribution is 6.32. The van der Waals surface area contributed by atoms with Crippen LogP contribution in [0, 0.1) is 5.82 Å². The molecule has 0 fully saturated rings. The van der Waals surface area contributed by atoms with Crippen LogP contribution in [0.2, 0.25) is 5.02 Å². The molecule has 1 amide bonds. The van der Waals surface area contributed by atoms with Crippen LogP contribution in [0.5, 0.6) is 11.5 Å². The molecule has 0 unspecified atom stereocenters. The Morgan fingerprint density at radius 2 is 2.08 bits per heavy atom. The Bertz CT molecular complexity index is 783. The second-order valence-corrected chi connectivity index (χ2v) is 5.21. The predicted octanol–water partition coefficient (Wildman–Crippen LogP) is 3.49. The Morgan fingerprint density at radius 3 is 2.76 bits per heavy atom. The molecule has 0 aliphatic heterocycles. The third-order valence-corrected chi connectivity index (χ3v) is 3.32. The molecule has 0 aromatic heterocycles. The number of carbonyl (C=O) groups excluding carboxylic acids is 1. The van der Waals surface area contributed by atoms with E-state index in [-0.39, 0.29) is 6.61 Å². The van der Waals surface area contributed by atoms with Gasteiger partial charge in [-0.05, 0) is 30.3 Å². The molecule has 1 N–H and O–H groups in total. The van der Waals surface area contributed by atoms with E-state index in [4.69, 9.17) is 25.9 Å². The van der Waals surface area contributed by atoms with Gasteiger partial charge in [-0.25, -0.2) is 4.39 Å². The van der Waals surface area contributed by atoms with Crippen LogP contribution in [-0.2, 0) is 9.63 Å². The van der Waals surface area contributed by atoms with Crippen molar-refractivity contribution in [3.63, 3.8) is 0 Å². The molecule has 0 aliphatic carbocycles. The number of methoxy groups -OCH3 is 2. The van der Waals surface area contributed by atoms with Crippen molar-refractivity contribution in [3.8, 4) is 11.5 Å². The zero-order valence-electron chi connectivity index (χ0n) is 13.6. The van der Waals surface area contributed by atoms with Crippen molar-refractivity contribution in [3.05, 3.63) is 52.8 Å². The molecule has 0 saturated heterocycles. The lowest BCUT2D eigenvalue weighted by atomic mass is 10.2. The van der Waals surface area contributed by atoms with Crippen molar-refractivity contribution in [2.24, 2.45) is 5.16 Å². The first-order valence-corrected chi connectivity index (χ1v) is 7.53. The highest BCUT2D eigenvalue weighted by Crippen LogP contribution is 2.35. The fraction of sp³-hybridized carbons (Fsp3) is 0.176. The van der Waals surface area contributed by atoms with Crippen molar-refractivity contribution in [2.75, 3.05) is 26.1 Å². The molecular weight excluding hydrogens is 351 g/mol. The number of nitrogens with zero attached hydrogens (tertiary/aromatic N) is 1. The summed E-state index contributed by atoms with van der Waals surface area (Å²) in [6.45, 7) is -0.325. The van der Waals surface area contributed by atoms with Gasteiger partial charge in [0.15, 0.2) is 18.1 Å². The fourth-order valence-electron chi connectivity index (χ4n) is 1.97. The number of carbonyl (C=O) groups is 1. The summed E-state index contributed by atoms with van der Waals surface area (Å²) >= 11 is 6.08. The topological polar surface area (TPSA) is 69.2 Å². The molecule has 0 radical (unpaired) electrons. The Kier molecular flexibility index (Phi) is 6.59. The van der Waals surface area contributed by atoms with E-state index in [1.54, 1.807) is 18.2 Å². The fourth-order valence-corrected chi connectivity index (χ4v) is 2.27. The van der Waals surface area contributed by atoms with Gasteiger partial charge in [0.1, 0.15) is 5.82 Å². The van der Waals surface area contributed by atoms with Gasteiger partial charge in [0.25, 0.3) is 5.91 Å². The minimum Gasteiger partial charge on any atom is -0.493 e. The van der Waals surface area contributed by atoms with Gasteiger partial charge in [-0.2, -0.15) is 0 Å². The molecule has 2 aromatic carbocycles. The molecule has 0 heterocycles. The Labute approximate surface area is 149 Å². The van der Waals surface area contributed by atoms with E-state index in [9.17, 15) is 9.18 Å². The minimum atomic E-state index is -0.465. The first kappa shape index (κ1) is 18.5. The van der Waals surface area contributed by atoms with E-state index in [1.807, 2.05) is 0 Å². The number of amides is 1. The molecule has 0 atom stereocenters. The van der Waals surface area contributed by atoms with Crippen LogP contribution in [0.15, 0.2) is 41.6 Å². The van der Waals surface area contributed by atoms with E-state index in [1.165, 1.54) is 38.6 Å². The van der Waals surface area contributed by atoms with Gasteiger partial charge in [0.2, 0.25) is 0 Å². The van der Waals surface area contributed by atoms with Crippen molar-refractivity contribution in [1.29, 1.82) is 0 Å². The normalized spacial score (nSPS) is 10.6. The number of halogens is 2. The maximum Gasteiger partial charge on any atom is 0.265 e. The summed E-state index contributed by atoms with van der Waals surface area (Å²) < 4.78 is 23.3. The minimum absolute atomic E-state index is 0.325. The highest BCUT2D eigenvalue weighted by atomic mass is 35.5. The van der Waals surface area contributed by atoms with E-state index >= 15 is 0 Å². The number of hydrogen-bond donors (Lipinski definition) is 1. The summed E-state index contributed by atoms with van der Waals surface area (Å²) in [5, 5.41) is 6.54. The molecule has 0 bridgehead atoms. The van der Waals surface area contributed by atoms with Gasteiger partial charge in [-0.15, -0.1) is 0 Å². The van der Waals surface area contributed by atoms with Gasteiger partial charge in [0, 0.05) is 11.3 Å². The van der Waals surface area contributed by atoms with Crippen LogP contribution >= 0.6 is 11.6 Å². The largest absolute Gasteiger partial charge is 0.493 e. The first-order chi connectivity index (χ1) is 12.0. The van der Waals surface area contributed by atoms with E-state index in [0.717, 1.165) is 0 Å². The average Bonchev–Trinajstić information content (AvgIpc) is 2.58. The zero-order valence-corrected chi connectivity index (χ0v) is 14.3. The first-order valence-electron chi connectivity index (χ1n) is 7.15. The van der Waals surface area contributed by atoms with Gasteiger partial charge >= 0.3 is 0 Å². The van der Waals surface area contributed by atoms with E-state index in [2.05, 4.69) is 10.5 Å². The smallest absolute Gasteiger partial charge is 0.265 e. The number of anilines is 1. The van der Waals surface area contributed by atoms with Crippen LogP contribution in [-0.4, -0.2) is 32.9 Å². The number of hydrogen-bond acceptors (Lipinski definition) is 5. The second-order valence-electron chi connectivity index (χ2n) is 4.80. The van der Waals surface area contributed by atoms with Crippen molar-refractivity contribution < 1.29 is 23.5 Å². The summed E-state index contributed by atoms with van der Waals surface area (Å²) in [6, 6.07) is 8.81. The molecule has 0 saturated carbocycles. The van der Waals surface area contributed by atoms with E-state index < -0.39 is 11.7 Å². The lowest BCUT2D eigenvalue weighted by Gasteiger charge is -2.09. The predicted molar refractivity (Wildman–Crippen MR) is 93.1 cm³/mol. The van der Waals surface area contributed by atoms with Crippen LogP contribution in [0.4, 0.5) is 10.1 Å². The summed E-state index contributed by atoms with van der Waals surface area (Å²) in [5.41, 5.74) is 0.942. The Balaban J connectivity index is 1.91. The number of nitrogens with one attached hydrogen (secondary N) is 1. The van der Waals surface area contributed by atoms with Crippen molar-refractivity contribution >= 4 is 29.4 Å². The van der Waals surface area contributed by atoms with Crippen LogP contribution in [0.3, 0.4) is 0 Å². The molecule has 0 spiro atoms. The Hall–Kier alpha value is -2.80. The number of benzene rings is 2. The SMILES string of the molecule is COc1cc(/C=N/OCC(=O)Nc2cccc(F)c2)cc(Cl)c1OC. The molecule has 8 heteroatoms. The molecule has 2 aromatic rings. The maximum absolute atomic E-state index is 13.0. The van der Waals surface area contributed by atoms with Crippen molar-refractivity contribution in [2.45, 2.75) is 0 Å². The zero-order chi connectivity index (χ0) is 18.2. The van der Waals surface area contributed by atoms with Gasteiger partial charge in [0.05, 0.1) is 25.5 Å². The quantitative estimate of drug-likeness (QED) is 0.601. The standard InChI is InChI=1S/C17H16ClFN2O4/c1-23-15-7-11(6-14(18)17(15)24-2)9-20-25-10-16(22)21-13-5-3-4-12(19)8-13/h3-9H,10H2,1-2H3,(H,21,22)/b20-9+. The van der Waals surface area contributed by atoms with Gasteiger partial charge in [-0.3, -0.25) is 4.79 Å². The van der Waals surface area contributed by atoms with Gasteiger partial charge < -0.3 is 19.6 Å². The van der Waals surface area contributed by atoms with Crippen LogP contribution in [0.1, 0.15) is 5.56 Å². The maximum atomic E-state index is 13.0.